The van der Waals surface area contributed by atoms with Gasteiger partial charge in [0.15, 0.2) is 11.5 Å². The number of halogens is 1. The molecule has 1 aliphatic rings. The molecular formula is C18H15FN4O2. The zero-order valence-corrected chi connectivity index (χ0v) is 13.2. The van der Waals surface area contributed by atoms with Gasteiger partial charge in [0.05, 0.1) is 0 Å². The van der Waals surface area contributed by atoms with E-state index in [-0.39, 0.29) is 12.6 Å². The maximum absolute atomic E-state index is 13.7. The molecule has 0 fully saturated rings. The second-order valence-electron chi connectivity index (χ2n) is 5.43. The van der Waals surface area contributed by atoms with Crippen LogP contribution in [0.1, 0.15) is 5.56 Å². The quantitative estimate of drug-likeness (QED) is 0.739. The van der Waals surface area contributed by atoms with Crippen LogP contribution in [0.3, 0.4) is 0 Å². The van der Waals surface area contributed by atoms with Crippen LogP contribution in [-0.2, 0) is 6.54 Å². The number of ether oxygens (including phenoxy) is 2. The van der Waals surface area contributed by atoms with E-state index in [1.54, 1.807) is 24.3 Å². The van der Waals surface area contributed by atoms with Gasteiger partial charge in [-0.1, -0.05) is 18.2 Å². The molecule has 7 heteroatoms. The molecule has 1 aromatic heterocycles. The molecule has 0 spiro atoms. The summed E-state index contributed by atoms with van der Waals surface area (Å²) < 4.78 is 24.3. The van der Waals surface area contributed by atoms with Crippen molar-refractivity contribution in [2.45, 2.75) is 6.54 Å². The standard InChI is InChI=1S/C18H15FN4O2/c19-14-4-2-1-3-12(14)9-20-17-8-18(22-10-21-17)23-13-5-6-15-16(7-13)25-11-24-15/h1-8,10H,9,11H2,(H2,20,21,22,23). The van der Waals surface area contributed by atoms with E-state index in [4.69, 9.17) is 9.47 Å². The van der Waals surface area contributed by atoms with Crippen LogP contribution in [-0.4, -0.2) is 16.8 Å². The van der Waals surface area contributed by atoms with Crippen LogP contribution in [0.4, 0.5) is 21.7 Å². The highest BCUT2D eigenvalue weighted by atomic mass is 19.1. The average molecular weight is 338 g/mol. The molecule has 0 saturated carbocycles. The lowest BCUT2D eigenvalue weighted by Gasteiger charge is -2.09. The summed E-state index contributed by atoms with van der Waals surface area (Å²) in [4.78, 5) is 8.35. The lowest BCUT2D eigenvalue weighted by molar-refractivity contribution is 0.174. The van der Waals surface area contributed by atoms with Crippen LogP contribution in [0.15, 0.2) is 54.9 Å². The van der Waals surface area contributed by atoms with E-state index in [9.17, 15) is 4.39 Å². The summed E-state index contributed by atoms with van der Waals surface area (Å²) in [6.07, 6.45) is 1.44. The molecular weight excluding hydrogens is 323 g/mol. The molecule has 0 radical (unpaired) electrons. The van der Waals surface area contributed by atoms with Crippen LogP contribution in [0, 0.1) is 5.82 Å². The van der Waals surface area contributed by atoms with Crippen molar-refractivity contribution in [1.82, 2.24) is 9.97 Å². The van der Waals surface area contributed by atoms with Gasteiger partial charge in [0.1, 0.15) is 23.8 Å². The van der Waals surface area contributed by atoms with Gasteiger partial charge in [-0.3, -0.25) is 0 Å². The van der Waals surface area contributed by atoms with E-state index < -0.39 is 0 Å². The summed E-state index contributed by atoms with van der Waals surface area (Å²) in [6, 6.07) is 13.9. The van der Waals surface area contributed by atoms with E-state index in [0.717, 1.165) is 11.4 Å². The Balaban J connectivity index is 1.45. The molecule has 0 atom stereocenters. The highest BCUT2D eigenvalue weighted by Gasteiger charge is 2.13. The van der Waals surface area contributed by atoms with Gasteiger partial charge in [0.25, 0.3) is 0 Å². The predicted octanol–water partition coefficient (Wildman–Crippen LogP) is 3.70. The average Bonchev–Trinajstić information content (AvgIpc) is 3.09. The smallest absolute Gasteiger partial charge is 0.231 e. The Morgan fingerprint density at radius 2 is 1.80 bits per heavy atom. The van der Waals surface area contributed by atoms with Crippen LogP contribution < -0.4 is 20.1 Å². The molecule has 4 rings (SSSR count). The summed E-state index contributed by atoms with van der Waals surface area (Å²) in [6.45, 7) is 0.573. The van der Waals surface area contributed by atoms with Crippen LogP contribution in [0.25, 0.3) is 0 Å². The molecule has 1 aliphatic heterocycles. The van der Waals surface area contributed by atoms with Crippen molar-refractivity contribution < 1.29 is 13.9 Å². The molecule has 2 heterocycles. The highest BCUT2D eigenvalue weighted by molar-refractivity contribution is 5.63. The Bertz CT molecular complexity index is 904. The van der Waals surface area contributed by atoms with Crippen molar-refractivity contribution >= 4 is 17.3 Å². The molecule has 2 aromatic carbocycles. The second kappa shape index (κ2) is 6.64. The van der Waals surface area contributed by atoms with Gasteiger partial charge in [0.2, 0.25) is 6.79 Å². The van der Waals surface area contributed by atoms with Gasteiger partial charge in [-0.05, 0) is 18.2 Å². The number of hydrogen-bond donors (Lipinski definition) is 2. The summed E-state index contributed by atoms with van der Waals surface area (Å²) >= 11 is 0. The molecule has 0 unspecified atom stereocenters. The zero-order chi connectivity index (χ0) is 17.1. The first-order chi connectivity index (χ1) is 12.3. The monoisotopic (exact) mass is 338 g/mol. The number of benzene rings is 2. The van der Waals surface area contributed by atoms with E-state index in [1.807, 2.05) is 18.2 Å². The molecule has 0 bridgehead atoms. The lowest BCUT2D eigenvalue weighted by Crippen LogP contribution is -2.04. The van der Waals surface area contributed by atoms with Crippen molar-refractivity contribution in [1.29, 1.82) is 0 Å². The van der Waals surface area contributed by atoms with Crippen molar-refractivity contribution in [2.75, 3.05) is 17.4 Å². The normalized spacial score (nSPS) is 12.0. The van der Waals surface area contributed by atoms with E-state index in [1.165, 1.54) is 12.4 Å². The molecule has 6 nitrogen and oxygen atoms in total. The third kappa shape index (κ3) is 3.45. The largest absolute Gasteiger partial charge is 0.454 e. The second-order valence-corrected chi connectivity index (χ2v) is 5.43. The molecule has 25 heavy (non-hydrogen) atoms. The van der Waals surface area contributed by atoms with E-state index >= 15 is 0 Å². The number of hydrogen-bond acceptors (Lipinski definition) is 6. The Labute approximate surface area is 143 Å². The topological polar surface area (TPSA) is 68.3 Å². The Morgan fingerprint density at radius 1 is 0.960 bits per heavy atom. The summed E-state index contributed by atoms with van der Waals surface area (Å²) in [7, 11) is 0. The molecule has 3 aromatic rings. The van der Waals surface area contributed by atoms with Crippen molar-refractivity contribution in [3.63, 3.8) is 0 Å². The maximum atomic E-state index is 13.7. The number of rotatable bonds is 5. The minimum absolute atomic E-state index is 0.233. The Hall–Kier alpha value is -3.35. The molecule has 2 N–H and O–H groups in total. The highest BCUT2D eigenvalue weighted by Crippen LogP contribution is 2.34. The van der Waals surface area contributed by atoms with Gasteiger partial charge in [0, 0.05) is 29.9 Å². The van der Waals surface area contributed by atoms with Gasteiger partial charge in [-0.25, -0.2) is 14.4 Å². The first-order valence-electron chi connectivity index (χ1n) is 7.74. The fourth-order valence-corrected chi connectivity index (χ4v) is 2.47. The zero-order valence-electron chi connectivity index (χ0n) is 13.2. The number of aromatic nitrogens is 2. The molecule has 126 valence electrons. The number of anilines is 3. The third-order valence-electron chi connectivity index (χ3n) is 3.73. The lowest BCUT2D eigenvalue weighted by atomic mass is 10.2. The fraction of sp³-hybridized carbons (Fsp3) is 0.111. The van der Waals surface area contributed by atoms with E-state index in [0.29, 0.717) is 29.5 Å². The fourth-order valence-electron chi connectivity index (χ4n) is 2.47. The molecule has 0 amide bonds. The number of nitrogens with one attached hydrogen (secondary N) is 2. The van der Waals surface area contributed by atoms with E-state index in [2.05, 4.69) is 20.6 Å². The minimum atomic E-state index is -0.247. The van der Waals surface area contributed by atoms with Crippen LogP contribution in [0.2, 0.25) is 0 Å². The SMILES string of the molecule is Fc1ccccc1CNc1cc(Nc2ccc3c(c2)OCO3)ncn1. The first-order valence-corrected chi connectivity index (χ1v) is 7.74. The third-order valence-corrected chi connectivity index (χ3v) is 3.73. The number of fused-ring (bicyclic) bond motifs is 1. The predicted molar refractivity (Wildman–Crippen MR) is 91.6 cm³/mol. The van der Waals surface area contributed by atoms with Crippen molar-refractivity contribution in [3.8, 4) is 11.5 Å². The van der Waals surface area contributed by atoms with Crippen molar-refractivity contribution in [2.24, 2.45) is 0 Å². The number of nitrogens with zero attached hydrogens (tertiary/aromatic N) is 2. The van der Waals surface area contributed by atoms with Gasteiger partial charge in [-0.2, -0.15) is 0 Å². The van der Waals surface area contributed by atoms with Gasteiger partial charge in [-0.15, -0.1) is 0 Å². The first kappa shape index (κ1) is 15.2. The Kier molecular flexibility index (Phi) is 4.04. The Morgan fingerprint density at radius 3 is 2.72 bits per heavy atom. The van der Waals surface area contributed by atoms with Gasteiger partial charge >= 0.3 is 0 Å². The summed E-state index contributed by atoms with van der Waals surface area (Å²) in [5.74, 6) is 2.38. The van der Waals surface area contributed by atoms with Crippen LogP contribution in [0.5, 0.6) is 11.5 Å². The molecule has 0 saturated heterocycles. The summed E-state index contributed by atoms with van der Waals surface area (Å²) in [5.41, 5.74) is 1.40. The molecule has 0 aliphatic carbocycles. The minimum Gasteiger partial charge on any atom is -0.454 e. The maximum Gasteiger partial charge on any atom is 0.231 e. The van der Waals surface area contributed by atoms with Crippen LogP contribution >= 0.6 is 0 Å². The van der Waals surface area contributed by atoms with Gasteiger partial charge < -0.3 is 20.1 Å². The summed E-state index contributed by atoms with van der Waals surface area (Å²) in [5, 5.41) is 6.28. The van der Waals surface area contributed by atoms with Crippen molar-refractivity contribution in [3.05, 3.63) is 66.2 Å².